The van der Waals surface area contributed by atoms with Crippen molar-refractivity contribution in [2.45, 2.75) is 0 Å². The topological polar surface area (TPSA) is 63.3 Å². The van der Waals surface area contributed by atoms with Crippen LogP contribution in [0.25, 0.3) is 16.2 Å². The molecule has 0 radical (unpaired) electrons. The molecule has 0 saturated heterocycles. The van der Waals surface area contributed by atoms with Gasteiger partial charge in [-0.15, -0.1) is 11.3 Å². The molecule has 21 heavy (non-hydrogen) atoms. The second-order valence-electron chi connectivity index (χ2n) is 4.66. The third kappa shape index (κ3) is 2.66. The zero-order valence-corrected chi connectivity index (χ0v) is 11.9. The molecule has 2 aromatic carbocycles. The molecule has 0 aliphatic rings. The van der Waals surface area contributed by atoms with E-state index in [4.69, 9.17) is 5.73 Å². The van der Waals surface area contributed by atoms with Crippen LogP contribution >= 0.6 is 11.3 Å². The van der Waals surface area contributed by atoms with Crippen LogP contribution in [0.3, 0.4) is 0 Å². The normalized spacial score (nSPS) is 11.2. The average molecular weight is 295 g/mol. The van der Waals surface area contributed by atoms with E-state index in [0.29, 0.717) is 5.69 Å². The summed E-state index contributed by atoms with van der Waals surface area (Å²) in [5.74, 6) is -0.345. The predicted molar refractivity (Wildman–Crippen MR) is 87.7 cm³/mol. The lowest BCUT2D eigenvalue weighted by molar-refractivity contribution is 0.104. The van der Waals surface area contributed by atoms with Crippen molar-refractivity contribution in [3.63, 3.8) is 0 Å². The van der Waals surface area contributed by atoms with Crippen LogP contribution in [-0.4, -0.2) is 10.9 Å². The predicted octanol–water partition coefficient (Wildman–Crippen LogP) is 4.09. The molecule has 0 atom stereocenters. The van der Waals surface area contributed by atoms with Gasteiger partial charge in [0.15, 0.2) is 5.78 Å². The number of fused-ring (bicyclic) bond motifs is 1. The van der Waals surface area contributed by atoms with Gasteiger partial charge in [-0.05, 0) is 46.7 Å². The van der Waals surface area contributed by atoms with E-state index < -0.39 is 0 Å². The molecule has 1 aromatic heterocycles. The Balaban J connectivity index is 1.90. The number of benzene rings is 2. The number of nitrogens with two attached hydrogens (primary N) is 1. The van der Waals surface area contributed by atoms with Crippen molar-refractivity contribution in [1.29, 1.82) is 0 Å². The zero-order valence-electron chi connectivity index (χ0n) is 11.1. The first-order valence-corrected chi connectivity index (χ1v) is 7.30. The Bertz CT molecular complexity index is 849. The summed E-state index contributed by atoms with van der Waals surface area (Å²) < 4.78 is 1.18. The Hall–Kier alpha value is -2.59. The molecule has 0 aliphatic heterocycles. The molecule has 0 spiro atoms. The molecule has 0 amide bonds. The van der Waals surface area contributed by atoms with Crippen LogP contribution in [0.2, 0.25) is 0 Å². The molecule has 3 N–H and O–H groups in total. The van der Waals surface area contributed by atoms with Gasteiger partial charge < -0.3 is 10.8 Å². The van der Waals surface area contributed by atoms with Crippen molar-refractivity contribution in [1.82, 2.24) is 0 Å². The maximum absolute atomic E-state index is 12.1. The number of hydrogen-bond donors (Lipinski definition) is 2. The summed E-state index contributed by atoms with van der Waals surface area (Å²) in [6, 6.07) is 12.5. The zero-order chi connectivity index (χ0) is 14.8. The molecular formula is C17H13NO2S. The number of allylic oxidation sites excluding steroid dienone is 1. The summed E-state index contributed by atoms with van der Waals surface area (Å²) in [7, 11) is 0. The summed E-state index contributed by atoms with van der Waals surface area (Å²) in [5.41, 5.74) is 7.23. The first-order chi connectivity index (χ1) is 10.1. The number of carbonyl (C=O) groups excluding carboxylic acids is 1. The van der Waals surface area contributed by atoms with Crippen molar-refractivity contribution in [2.24, 2.45) is 0 Å². The third-order valence-corrected chi connectivity index (χ3v) is 4.19. The maximum Gasteiger partial charge on any atom is 0.189 e. The minimum absolute atomic E-state index is 0.0974. The van der Waals surface area contributed by atoms with E-state index in [-0.39, 0.29) is 17.1 Å². The number of ketones is 1. The van der Waals surface area contributed by atoms with E-state index in [2.05, 4.69) is 0 Å². The van der Waals surface area contributed by atoms with E-state index in [9.17, 15) is 9.90 Å². The fourth-order valence-corrected chi connectivity index (χ4v) is 3.07. The van der Waals surface area contributed by atoms with Crippen LogP contribution < -0.4 is 5.73 Å². The fourth-order valence-electron chi connectivity index (χ4n) is 2.14. The summed E-state index contributed by atoms with van der Waals surface area (Å²) in [5, 5.41) is 12.9. The largest absolute Gasteiger partial charge is 0.507 e. The summed E-state index contributed by atoms with van der Waals surface area (Å²) >= 11 is 1.64. The minimum atomic E-state index is -0.247. The molecule has 1 heterocycles. The maximum atomic E-state index is 12.1. The van der Waals surface area contributed by atoms with Gasteiger partial charge in [0.1, 0.15) is 5.75 Å². The van der Waals surface area contributed by atoms with Crippen LogP contribution in [0.1, 0.15) is 15.9 Å². The van der Waals surface area contributed by atoms with E-state index in [1.807, 2.05) is 29.6 Å². The Labute approximate surface area is 126 Å². The number of phenolic OH excluding ortho intramolecular Hbond substituents is 1. The second kappa shape index (κ2) is 5.42. The highest BCUT2D eigenvalue weighted by molar-refractivity contribution is 7.17. The highest BCUT2D eigenvalue weighted by Gasteiger charge is 2.08. The molecule has 0 bridgehead atoms. The molecule has 104 valence electrons. The quantitative estimate of drug-likeness (QED) is 0.434. The third-order valence-electron chi connectivity index (χ3n) is 3.21. The van der Waals surface area contributed by atoms with E-state index in [0.717, 1.165) is 10.9 Å². The highest BCUT2D eigenvalue weighted by atomic mass is 32.1. The van der Waals surface area contributed by atoms with E-state index in [1.165, 1.54) is 22.9 Å². The van der Waals surface area contributed by atoms with Gasteiger partial charge in [-0.3, -0.25) is 4.79 Å². The van der Waals surface area contributed by atoms with E-state index >= 15 is 0 Å². The van der Waals surface area contributed by atoms with Crippen molar-refractivity contribution in [3.05, 3.63) is 65.0 Å². The van der Waals surface area contributed by atoms with Crippen LogP contribution in [0.15, 0.2) is 53.9 Å². The number of hydrogen-bond acceptors (Lipinski definition) is 4. The lowest BCUT2D eigenvalue weighted by Crippen LogP contribution is -1.96. The lowest BCUT2D eigenvalue weighted by Gasteiger charge is -2.01. The minimum Gasteiger partial charge on any atom is -0.507 e. The Morgan fingerprint density at radius 3 is 2.81 bits per heavy atom. The molecule has 3 aromatic rings. The average Bonchev–Trinajstić information content (AvgIpc) is 2.88. The lowest BCUT2D eigenvalue weighted by atomic mass is 10.1. The van der Waals surface area contributed by atoms with Crippen molar-refractivity contribution < 1.29 is 9.90 Å². The summed E-state index contributed by atoms with van der Waals surface area (Å²) in [6.45, 7) is 0. The van der Waals surface area contributed by atoms with Gasteiger partial charge in [-0.25, -0.2) is 0 Å². The van der Waals surface area contributed by atoms with Gasteiger partial charge in [-0.2, -0.15) is 0 Å². The first-order valence-electron chi connectivity index (χ1n) is 6.42. The number of carbonyl (C=O) groups is 1. The highest BCUT2D eigenvalue weighted by Crippen LogP contribution is 2.27. The Morgan fingerprint density at radius 2 is 2.00 bits per heavy atom. The standard InChI is InChI=1S/C17H13NO2S/c18-12-6-7-14(16(20)9-12)15(19)8-5-11-10-21-17-4-2-1-3-13(11)17/h1-10,20H,18H2/b8-5+. The molecular weight excluding hydrogens is 282 g/mol. The fraction of sp³-hybridized carbons (Fsp3) is 0. The van der Waals surface area contributed by atoms with Crippen molar-refractivity contribution >= 4 is 39.0 Å². The van der Waals surface area contributed by atoms with Crippen LogP contribution in [0, 0.1) is 0 Å². The molecule has 0 saturated carbocycles. The molecule has 4 heteroatoms. The Morgan fingerprint density at radius 1 is 1.19 bits per heavy atom. The second-order valence-corrected chi connectivity index (χ2v) is 5.57. The van der Waals surface area contributed by atoms with Gasteiger partial charge in [0.05, 0.1) is 5.56 Å². The smallest absolute Gasteiger partial charge is 0.189 e. The van der Waals surface area contributed by atoms with Gasteiger partial charge in [0.25, 0.3) is 0 Å². The number of rotatable bonds is 3. The first kappa shape index (κ1) is 13.4. The Kier molecular flexibility index (Phi) is 3.46. The van der Waals surface area contributed by atoms with Crippen LogP contribution in [-0.2, 0) is 0 Å². The number of nitrogen functional groups attached to an aromatic ring is 1. The van der Waals surface area contributed by atoms with Crippen molar-refractivity contribution in [2.75, 3.05) is 5.73 Å². The molecule has 3 rings (SSSR count). The van der Waals surface area contributed by atoms with Gasteiger partial charge in [-0.1, -0.05) is 18.2 Å². The van der Waals surface area contributed by atoms with E-state index in [1.54, 1.807) is 23.5 Å². The number of phenols is 1. The van der Waals surface area contributed by atoms with Gasteiger partial charge in [0, 0.05) is 16.5 Å². The summed E-state index contributed by atoms with van der Waals surface area (Å²) in [4.78, 5) is 12.1. The van der Waals surface area contributed by atoms with Crippen LogP contribution in [0.5, 0.6) is 5.75 Å². The SMILES string of the molecule is Nc1ccc(C(=O)/C=C/c2csc3ccccc23)c(O)c1. The van der Waals surface area contributed by atoms with Crippen molar-refractivity contribution in [3.8, 4) is 5.75 Å². The van der Waals surface area contributed by atoms with Gasteiger partial charge >= 0.3 is 0 Å². The molecule has 3 nitrogen and oxygen atoms in total. The van der Waals surface area contributed by atoms with Gasteiger partial charge in [0.2, 0.25) is 0 Å². The summed E-state index contributed by atoms with van der Waals surface area (Å²) in [6.07, 6.45) is 3.25. The molecule has 0 aliphatic carbocycles. The number of anilines is 1. The number of aromatic hydroxyl groups is 1. The van der Waals surface area contributed by atoms with Crippen LogP contribution in [0.4, 0.5) is 5.69 Å². The molecule has 0 unspecified atom stereocenters. The number of thiophene rings is 1. The monoisotopic (exact) mass is 295 g/mol. The molecule has 0 fully saturated rings.